The van der Waals surface area contributed by atoms with E-state index in [1.54, 1.807) is 28.6 Å². The van der Waals surface area contributed by atoms with Gasteiger partial charge in [0, 0.05) is 39.3 Å². The second-order valence-corrected chi connectivity index (χ2v) is 14.2. The van der Waals surface area contributed by atoms with Crippen molar-refractivity contribution < 1.29 is 13.2 Å². The highest BCUT2D eigenvalue weighted by molar-refractivity contribution is 7.89. The molecule has 0 saturated carbocycles. The lowest BCUT2D eigenvalue weighted by Gasteiger charge is -2.36. The Kier molecular flexibility index (Phi) is 8.43. The maximum atomic E-state index is 13.3. The first kappa shape index (κ1) is 29.0. The van der Waals surface area contributed by atoms with Gasteiger partial charge in [-0.15, -0.1) is 0 Å². The van der Waals surface area contributed by atoms with Gasteiger partial charge in [0.1, 0.15) is 6.33 Å². The molecule has 0 spiro atoms. The molecule has 222 valence electrons. The number of fused-ring (bicyclic) bond motifs is 1. The van der Waals surface area contributed by atoms with Gasteiger partial charge in [-0.3, -0.25) is 4.79 Å². The molecule has 3 aliphatic heterocycles. The van der Waals surface area contributed by atoms with Crippen LogP contribution in [0.15, 0.2) is 71.9 Å². The molecule has 3 atom stereocenters. The number of piperidine rings is 1. The lowest BCUT2D eigenvalue weighted by Crippen LogP contribution is -2.40. The van der Waals surface area contributed by atoms with Crippen LogP contribution in [0.25, 0.3) is 0 Å². The third-order valence-electron chi connectivity index (χ3n) is 9.72. The largest absolute Gasteiger partial charge is 0.338 e. The molecule has 42 heavy (non-hydrogen) atoms. The molecule has 0 bridgehead atoms. The summed E-state index contributed by atoms with van der Waals surface area (Å²) < 4.78 is 28.1. The second-order valence-electron chi connectivity index (χ2n) is 12.3. The van der Waals surface area contributed by atoms with E-state index in [4.69, 9.17) is 0 Å². The molecule has 1 aromatic heterocycles. The first-order valence-corrected chi connectivity index (χ1v) is 16.6. The molecule has 0 radical (unpaired) electrons. The van der Waals surface area contributed by atoms with Crippen LogP contribution in [0.1, 0.15) is 52.5 Å². The number of hydrogen-bond acceptors (Lipinski definition) is 6. The third kappa shape index (κ3) is 5.87. The summed E-state index contributed by atoms with van der Waals surface area (Å²) in [5.41, 5.74) is 3.51. The lowest BCUT2D eigenvalue weighted by molar-refractivity contribution is 0.0771. The number of hydrogen-bond donors (Lipinski definition) is 0. The summed E-state index contributed by atoms with van der Waals surface area (Å²) in [6.45, 7) is 9.55. The van der Waals surface area contributed by atoms with Gasteiger partial charge in [0.25, 0.3) is 5.91 Å². The fraction of sp³-hybridized carbons (Fsp3) is 0.485. The molecule has 1 amide bonds. The second kappa shape index (κ2) is 12.2. The van der Waals surface area contributed by atoms with Crippen molar-refractivity contribution in [2.75, 3.05) is 45.8 Å². The van der Waals surface area contributed by atoms with Crippen LogP contribution < -0.4 is 0 Å². The average molecular weight is 588 g/mol. The van der Waals surface area contributed by atoms with Crippen LogP contribution >= 0.6 is 0 Å². The topological polar surface area (TPSA) is 86.7 Å². The van der Waals surface area contributed by atoms with E-state index in [-0.39, 0.29) is 5.91 Å². The van der Waals surface area contributed by atoms with Gasteiger partial charge >= 0.3 is 0 Å². The van der Waals surface area contributed by atoms with E-state index in [1.165, 1.54) is 11.9 Å². The quantitative estimate of drug-likeness (QED) is 0.389. The molecule has 3 saturated heterocycles. The van der Waals surface area contributed by atoms with Crippen LogP contribution in [0.4, 0.5) is 0 Å². The summed E-state index contributed by atoms with van der Waals surface area (Å²) in [4.78, 5) is 26.8. The van der Waals surface area contributed by atoms with Crippen LogP contribution in [0.2, 0.25) is 0 Å². The fourth-order valence-electron chi connectivity index (χ4n) is 7.46. The van der Waals surface area contributed by atoms with Gasteiger partial charge in [-0.1, -0.05) is 48.5 Å². The molecule has 2 aromatic carbocycles. The van der Waals surface area contributed by atoms with Crippen LogP contribution in [-0.4, -0.2) is 84.2 Å². The molecule has 0 aliphatic carbocycles. The highest BCUT2D eigenvalue weighted by Gasteiger charge is 2.42. The molecule has 9 heteroatoms. The summed E-state index contributed by atoms with van der Waals surface area (Å²) in [6, 6.07) is 19.6. The number of carbonyl (C=O) groups is 1. The molecular weight excluding hydrogens is 546 g/mol. The average Bonchev–Trinajstić information content (AvgIpc) is 3.58. The first-order chi connectivity index (χ1) is 20.3. The van der Waals surface area contributed by atoms with E-state index in [1.807, 2.05) is 24.8 Å². The van der Waals surface area contributed by atoms with Crippen LogP contribution in [0, 0.1) is 31.6 Å². The molecule has 0 N–H and O–H groups in total. The van der Waals surface area contributed by atoms with E-state index >= 15 is 0 Å². The Morgan fingerprint density at radius 2 is 1.43 bits per heavy atom. The van der Waals surface area contributed by atoms with Gasteiger partial charge in [0.15, 0.2) is 0 Å². The first-order valence-electron chi connectivity index (χ1n) is 15.2. The molecule has 3 unspecified atom stereocenters. The minimum absolute atomic E-state index is 0.0660. The molecule has 6 rings (SSSR count). The molecule has 3 aromatic rings. The van der Waals surface area contributed by atoms with E-state index in [0.717, 1.165) is 63.4 Å². The molecule has 3 aliphatic rings. The lowest BCUT2D eigenvalue weighted by atomic mass is 9.78. The standard InChI is InChI=1S/C33H41N5O3S/c1-24-32(25(2)35-23-34-24)33(39)37-21-28-19-36(20-29(28)22-37)16-15-31(26-9-5-3-6-10-26)27-13-17-38(18-14-27)42(40,41)30-11-7-4-8-12-30/h3-12,23,27-29,31H,13-22H2,1-2H3. The number of aromatic nitrogens is 2. The fourth-order valence-corrected chi connectivity index (χ4v) is 8.95. The van der Waals surface area contributed by atoms with Crippen molar-refractivity contribution in [2.45, 2.75) is 43.9 Å². The van der Waals surface area contributed by atoms with Crippen molar-refractivity contribution in [1.82, 2.24) is 24.1 Å². The maximum absolute atomic E-state index is 13.3. The van der Waals surface area contributed by atoms with Crippen LogP contribution in [0.5, 0.6) is 0 Å². The number of likely N-dealkylation sites (tertiary alicyclic amines) is 2. The van der Waals surface area contributed by atoms with Crippen molar-refractivity contribution in [3.8, 4) is 0 Å². The third-order valence-corrected chi connectivity index (χ3v) is 11.6. The predicted octanol–water partition coefficient (Wildman–Crippen LogP) is 4.37. The zero-order valence-electron chi connectivity index (χ0n) is 24.6. The highest BCUT2D eigenvalue weighted by Crippen LogP contribution is 2.38. The van der Waals surface area contributed by atoms with Gasteiger partial charge in [-0.2, -0.15) is 4.31 Å². The van der Waals surface area contributed by atoms with Crippen molar-refractivity contribution >= 4 is 15.9 Å². The number of nitrogens with zero attached hydrogens (tertiary/aromatic N) is 5. The van der Waals surface area contributed by atoms with E-state index in [0.29, 0.717) is 47.2 Å². The molecule has 4 heterocycles. The molecule has 3 fully saturated rings. The van der Waals surface area contributed by atoms with Crippen molar-refractivity contribution in [1.29, 1.82) is 0 Å². The smallest absolute Gasteiger partial charge is 0.257 e. The maximum Gasteiger partial charge on any atom is 0.257 e. The summed E-state index contributed by atoms with van der Waals surface area (Å²) in [5, 5.41) is 0. The Balaban J connectivity index is 1.06. The van der Waals surface area contributed by atoms with E-state index in [9.17, 15) is 13.2 Å². The number of aryl methyl sites for hydroxylation is 2. The zero-order valence-corrected chi connectivity index (χ0v) is 25.4. The highest BCUT2D eigenvalue weighted by atomic mass is 32.2. The Labute approximate surface area is 249 Å². The van der Waals surface area contributed by atoms with E-state index < -0.39 is 10.0 Å². The van der Waals surface area contributed by atoms with Gasteiger partial charge in [0.2, 0.25) is 10.0 Å². The Morgan fingerprint density at radius 3 is 2.02 bits per heavy atom. The number of carbonyl (C=O) groups excluding carboxylic acids is 1. The normalized spacial score (nSPS) is 22.8. The molecular formula is C33H41N5O3S. The van der Waals surface area contributed by atoms with Crippen molar-refractivity contribution in [3.63, 3.8) is 0 Å². The number of sulfonamides is 1. The zero-order chi connectivity index (χ0) is 29.3. The van der Waals surface area contributed by atoms with Crippen LogP contribution in [0.3, 0.4) is 0 Å². The number of benzene rings is 2. The number of amides is 1. The summed E-state index contributed by atoms with van der Waals surface area (Å²) in [6.07, 6.45) is 4.32. The Bertz CT molecular complexity index is 1460. The van der Waals surface area contributed by atoms with E-state index in [2.05, 4.69) is 45.2 Å². The minimum Gasteiger partial charge on any atom is -0.338 e. The summed E-state index contributed by atoms with van der Waals surface area (Å²) >= 11 is 0. The SMILES string of the molecule is Cc1ncnc(C)c1C(=O)N1CC2CN(CCC(c3ccccc3)C3CCN(S(=O)(=O)c4ccccc4)CC3)CC2C1. The predicted molar refractivity (Wildman–Crippen MR) is 163 cm³/mol. The Morgan fingerprint density at radius 1 is 0.857 bits per heavy atom. The molecule has 8 nitrogen and oxygen atoms in total. The van der Waals surface area contributed by atoms with Crippen molar-refractivity contribution in [2.24, 2.45) is 17.8 Å². The van der Waals surface area contributed by atoms with Gasteiger partial charge in [-0.05, 0) is 81.0 Å². The van der Waals surface area contributed by atoms with Crippen LogP contribution in [-0.2, 0) is 10.0 Å². The number of rotatable bonds is 8. The minimum atomic E-state index is -3.45. The van der Waals surface area contributed by atoms with Gasteiger partial charge < -0.3 is 9.80 Å². The van der Waals surface area contributed by atoms with Crippen molar-refractivity contribution in [3.05, 3.63) is 89.5 Å². The van der Waals surface area contributed by atoms with Gasteiger partial charge in [-0.25, -0.2) is 18.4 Å². The Hall–Kier alpha value is -3.14. The summed E-state index contributed by atoms with van der Waals surface area (Å²) in [5.74, 6) is 1.91. The summed E-state index contributed by atoms with van der Waals surface area (Å²) in [7, 11) is -3.45. The monoisotopic (exact) mass is 587 g/mol. The van der Waals surface area contributed by atoms with Gasteiger partial charge in [0.05, 0.1) is 21.8 Å².